The van der Waals surface area contributed by atoms with Crippen molar-refractivity contribution in [1.29, 1.82) is 0 Å². The molecule has 0 radical (unpaired) electrons. The molecular weight excluding hydrogens is 607 g/mol. The summed E-state index contributed by atoms with van der Waals surface area (Å²) in [5.74, 6) is 0.691. The highest BCUT2D eigenvalue weighted by molar-refractivity contribution is 6.21. The minimum Gasteiger partial charge on any atom is -0.265 e. The SMILES string of the molecule is c1ccc(-c2nc(-c3cccc(-c4c5ccccc5c(-c5ccccc5)c5ccccc45)c3)cc(-c3ccccc3-c3ccncc3)n2)cc1. The Morgan fingerprint density at radius 1 is 0.300 bits per heavy atom. The Kier molecular flexibility index (Phi) is 7.49. The van der Waals surface area contributed by atoms with Crippen LogP contribution in [0.2, 0.25) is 0 Å². The lowest BCUT2D eigenvalue weighted by Crippen LogP contribution is -1.97. The zero-order valence-electron chi connectivity index (χ0n) is 27.2. The number of benzene rings is 7. The number of fused-ring (bicyclic) bond motifs is 2. The van der Waals surface area contributed by atoms with E-state index in [9.17, 15) is 0 Å². The van der Waals surface area contributed by atoms with Crippen molar-refractivity contribution in [2.45, 2.75) is 0 Å². The summed E-state index contributed by atoms with van der Waals surface area (Å²) in [6.45, 7) is 0. The molecule has 0 spiro atoms. The molecule has 0 aliphatic carbocycles. The van der Waals surface area contributed by atoms with Crippen molar-refractivity contribution in [2.24, 2.45) is 0 Å². The Labute approximate surface area is 291 Å². The first-order valence-corrected chi connectivity index (χ1v) is 16.9. The third-order valence-corrected chi connectivity index (χ3v) is 9.39. The van der Waals surface area contributed by atoms with Crippen LogP contribution in [0.25, 0.3) is 88.8 Å². The number of pyridine rings is 1. The molecule has 0 N–H and O–H groups in total. The molecule has 0 atom stereocenters. The standard InChI is InChI=1S/C47H31N3/c1-3-14-33(15-4-1)45-39-22-9-11-24-41(39)46(42-25-12-10-23-40(42)45)36-19-13-18-35(30-36)43-31-44(50-47(49-43)34-16-5-2-6-17-34)38-21-8-7-20-37(38)32-26-28-48-29-27-32/h1-31H. The zero-order chi connectivity index (χ0) is 33.3. The van der Waals surface area contributed by atoms with Crippen LogP contribution in [0.1, 0.15) is 0 Å². The van der Waals surface area contributed by atoms with Gasteiger partial charge in [0.05, 0.1) is 11.4 Å². The molecule has 9 rings (SSSR count). The van der Waals surface area contributed by atoms with E-state index in [0.717, 1.165) is 44.8 Å². The molecular formula is C47H31N3. The first kappa shape index (κ1) is 29.4. The van der Waals surface area contributed by atoms with Crippen LogP contribution in [0.4, 0.5) is 0 Å². The predicted octanol–water partition coefficient (Wildman–Crippen LogP) is 12.2. The van der Waals surface area contributed by atoms with Gasteiger partial charge in [0.1, 0.15) is 0 Å². The van der Waals surface area contributed by atoms with Crippen LogP contribution in [0.3, 0.4) is 0 Å². The minimum atomic E-state index is 0.691. The predicted molar refractivity (Wildman–Crippen MR) is 207 cm³/mol. The number of nitrogens with zero attached hydrogens (tertiary/aromatic N) is 3. The fraction of sp³-hybridized carbons (Fsp3) is 0. The first-order valence-electron chi connectivity index (χ1n) is 16.9. The number of rotatable bonds is 6. The molecule has 0 bridgehead atoms. The first-order chi connectivity index (χ1) is 24.8. The summed E-state index contributed by atoms with van der Waals surface area (Å²) in [6, 6.07) is 62.0. The average Bonchev–Trinajstić information content (AvgIpc) is 3.20. The number of aromatic nitrogens is 3. The minimum absolute atomic E-state index is 0.691. The molecule has 3 heteroatoms. The Bertz CT molecular complexity index is 2580. The monoisotopic (exact) mass is 637 g/mol. The third kappa shape index (κ3) is 5.32. The van der Waals surface area contributed by atoms with E-state index in [1.54, 1.807) is 0 Å². The Morgan fingerprint density at radius 3 is 1.42 bits per heavy atom. The molecule has 0 unspecified atom stereocenters. The van der Waals surface area contributed by atoms with Crippen LogP contribution in [0.5, 0.6) is 0 Å². The van der Waals surface area contributed by atoms with Gasteiger partial charge in [-0.3, -0.25) is 4.98 Å². The van der Waals surface area contributed by atoms with Gasteiger partial charge in [0, 0.05) is 29.1 Å². The number of hydrogen-bond acceptors (Lipinski definition) is 3. The van der Waals surface area contributed by atoms with Crippen molar-refractivity contribution in [3.05, 3.63) is 188 Å². The van der Waals surface area contributed by atoms with Gasteiger partial charge in [0.2, 0.25) is 0 Å². The molecule has 0 amide bonds. The quantitative estimate of drug-likeness (QED) is 0.170. The van der Waals surface area contributed by atoms with E-state index in [0.29, 0.717) is 5.82 Å². The Morgan fingerprint density at radius 2 is 0.780 bits per heavy atom. The zero-order valence-corrected chi connectivity index (χ0v) is 27.2. The van der Waals surface area contributed by atoms with Crippen LogP contribution >= 0.6 is 0 Å². The summed E-state index contributed by atoms with van der Waals surface area (Å²) >= 11 is 0. The van der Waals surface area contributed by atoms with Gasteiger partial charge in [-0.1, -0.05) is 152 Å². The highest BCUT2D eigenvalue weighted by Crippen LogP contribution is 2.44. The maximum atomic E-state index is 5.19. The summed E-state index contributed by atoms with van der Waals surface area (Å²) in [6.07, 6.45) is 3.66. The van der Waals surface area contributed by atoms with Gasteiger partial charge < -0.3 is 0 Å². The highest BCUT2D eigenvalue weighted by atomic mass is 14.9. The molecule has 2 aromatic heterocycles. The largest absolute Gasteiger partial charge is 0.265 e. The Hall–Kier alpha value is -6.71. The van der Waals surface area contributed by atoms with E-state index in [1.165, 1.54) is 38.2 Å². The fourth-order valence-corrected chi connectivity index (χ4v) is 7.13. The van der Waals surface area contributed by atoms with Gasteiger partial charge in [0.25, 0.3) is 0 Å². The van der Waals surface area contributed by atoms with Gasteiger partial charge in [-0.15, -0.1) is 0 Å². The summed E-state index contributed by atoms with van der Waals surface area (Å²) < 4.78 is 0. The van der Waals surface area contributed by atoms with Crippen molar-refractivity contribution >= 4 is 21.5 Å². The second kappa shape index (κ2) is 12.7. The van der Waals surface area contributed by atoms with Crippen LogP contribution in [-0.4, -0.2) is 15.0 Å². The fourth-order valence-electron chi connectivity index (χ4n) is 7.13. The van der Waals surface area contributed by atoms with E-state index < -0.39 is 0 Å². The van der Waals surface area contributed by atoms with Crippen LogP contribution in [0.15, 0.2) is 188 Å². The Balaban J connectivity index is 1.26. The normalized spacial score (nSPS) is 11.2. The molecule has 0 saturated heterocycles. The molecule has 0 aliphatic heterocycles. The maximum absolute atomic E-state index is 5.19. The van der Waals surface area contributed by atoms with Crippen LogP contribution < -0.4 is 0 Å². The maximum Gasteiger partial charge on any atom is 0.160 e. The molecule has 3 nitrogen and oxygen atoms in total. The molecule has 0 fully saturated rings. The van der Waals surface area contributed by atoms with Crippen LogP contribution in [0, 0.1) is 0 Å². The van der Waals surface area contributed by atoms with Gasteiger partial charge in [0.15, 0.2) is 5.82 Å². The molecule has 234 valence electrons. The summed E-state index contributed by atoms with van der Waals surface area (Å²) in [4.78, 5) is 14.6. The van der Waals surface area contributed by atoms with Gasteiger partial charge in [-0.05, 0) is 79.2 Å². The summed E-state index contributed by atoms with van der Waals surface area (Å²) in [7, 11) is 0. The third-order valence-electron chi connectivity index (χ3n) is 9.39. The van der Waals surface area contributed by atoms with Gasteiger partial charge in [-0.2, -0.15) is 0 Å². The second-order valence-electron chi connectivity index (χ2n) is 12.4. The summed E-state index contributed by atoms with van der Waals surface area (Å²) in [5, 5.41) is 4.92. The number of hydrogen-bond donors (Lipinski definition) is 0. The molecule has 7 aromatic carbocycles. The molecule has 2 heterocycles. The smallest absolute Gasteiger partial charge is 0.160 e. The lowest BCUT2D eigenvalue weighted by atomic mass is 9.85. The van der Waals surface area contributed by atoms with Gasteiger partial charge in [-0.25, -0.2) is 9.97 Å². The van der Waals surface area contributed by atoms with Crippen molar-refractivity contribution in [2.75, 3.05) is 0 Å². The van der Waals surface area contributed by atoms with Crippen molar-refractivity contribution in [1.82, 2.24) is 15.0 Å². The van der Waals surface area contributed by atoms with Crippen molar-refractivity contribution in [3.63, 3.8) is 0 Å². The summed E-state index contributed by atoms with van der Waals surface area (Å²) in [5.41, 5.74) is 11.8. The highest BCUT2D eigenvalue weighted by Gasteiger charge is 2.18. The van der Waals surface area contributed by atoms with E-state index in [1.807, 2.05) is 42.7 Å². The van der Waals surface area contributed by atoms with E-state index in [4.69, 9.17) is 9.97 Å². The van der Waals surface area contributed by atoms with Crippen molar-refractivity contribution in [3.8, 4) is 67.3 Å². The lowest BCUT2D eigenvalue weighted by Gasteiger charge is -2.18. The average molecular weight is 638 g/mol. The lowest BCUT2D eigenvalue weighted by molar-refractivity contribution is 1.18. The molecule has 50 heavy (non-hydrogen) atoms. The topological polar surface area (TPSA) is 38.7 Å². The van der Waals surface area contributed by atoms with E-state index in [2.05, 4.69) is 151 Å². The molecule has 0 aliphatic rings. The van der Waals surface area contributed by atoms with Crippen molar-refractivity contribution < 1.29 is 0 Å². The second-order valence-corrected chi connectivity index (χ2v) is 12.4. The molecule has 9 aromatic rings. The van der Waals surface area contributed by atoms with E-state index in [-0.39, 0.29) is 0 Å². The van der Waals surface area contributed by atoms with Crippen LogP contribution in [-0.2, 0) is 0 Å². The molecule has 0 saturated carbocycles. The van der Waals surface area contributed by atoms with E-state index >= 15 is 0 Å². The van der Waals surface area contributed by atoms with Gasteiger partial charge >= 0.3 is 0 Å².